The molecule has 0 atom stereocenters. The first-order valence-electron chi connectivity index (χ1n) is 9.63. The van der Waals surface area contributed by atoms with Crippen molar-refractivity contribution >= 4 is 16.0 Å². The van der Waals surface area contributed by atoms with Crippen LogP contribution in [0.5, 0.6) is 0 Å². The van der Waals surface area contributed by atoms with Gasteiger partial charge in [0.1, 0.15) is 0 Å². The summed E-state index contributed by atoms with van der Waals surface area (Å²) in [6.07, 6.45) is 1.55. The van der Waals surface area contributed by atoms with Crippen LogP contribution in [-0.4, -0.2) is 18.4 Å². The largest absolute Gasteiger partial charge is 0.264 e. The van der Waals surface area contributed by atoms with Crippen LogP contribution in [0.1, 0.15) is 51.7 Å². The number of hydrogen-bond acceptors (Lipinski definition) is 4. The van der Waals surface area contributed by atoms with E-state index in [1.807, 2.05) is 24.3 Å². The Hall–Kier alpha value is -2.73. The molecule has 29 heavy (non-hydrogen) atoms. The Kier molecular flexibility index (Phi) is 5.75. The van der Waals surface area contributed by atoms with E-state index >= 15 is 0 Å². The fourth-order valence-corrected chi connectivity index (χ4v) is 3.87. The van der Waals surface area contributed by atoms with Crippen molar-refractivity contribution in [3.05, 3.63) is 71.9 Å². The SMILES string of the molecule is CC(C)c1ccc(-c2ccnc(NS(=O)(=O)c3ccc(C(C)(C)C)cc3)n2)cc1. The predicted octanol–water partition coefficient (Wildman–Crippen LogP) is 5.37. The van der Waals surface area contributed by atoms with Gasteiger partial charge < -0.3 is 0 Å². The van der Waals surface area contributed by atoms with Crippen LogP contribution in [-0.2, 0) is 15.4 Å². The van der Waals surface area contributed by atoms with E-state index < -0.39 is 10.0 Å². The zero-order valence-corrected chi connectivity index (χ0v) is 18.3. The van der Waals surface area contributed by atoms with Gasteiger partial charge in [-0.05, 0) is 40.7 Å². The Morgan fingerprint density at radius 3 is 2.07 bits per heavy atom. The zero-order valence-electron chi connectivity index (χ0n) is 17.5. The van der Waals surface area contributed by atoms with Crippen molar-refractivity contribution in [3.63, 3.8) is 0 Å². The number of aromatic nitrogens is 2. The lowest BCUT2D eigenvalue weighted by atomic mass is 9.87. The van der Waals surface area contributed by atoms with Crippen molar-refractivity contribution in [2.24, 2.45) is 0 Å². The number of benzene rings is 2. The molecular weight excluding hydrogens is 382 g/mol. The first kappa shape index (κ1) is 21.0. The highest BCUT2D eigenvalue weighted by atomic mass is 32.2. The zero-order chi connectivity index (χ0) is 21.2. The van der Waals surface area contributed by atoms with E-state index in [1.54, 1.807) is 24.4 Å². The Balaban J connectivity index is 1.83. The van der Waals surface area contributed by atoms with Gasteiger partial charge >= 0.3 is 0 Å². The van der Waals surface area contributed by atoms with Crippen LogP contribution in [0.2, 0.25) is 0 Å². The third kappa shape index (κ3) is 5.01. The van der Waals surface area contributed by atoms with Gasteiger partial charge in [-0.25, -0.2) is 23.1 Å². The lowest BCUT2D eigenvalue weighted by Gasteiger charge is -2.19. The minimum atomic E-state index is -3.77. The maximum Gasteiger partial charge on any atom is 0.264 e. The van der Waals surface area contributed by atoms with Crippen LogP contribution in [0, 0.1) is 0 Å². The minimum absolute atomic E-state index is 0.0434. The smallest absolute Gasteiger partial charge is 0.247 e. The molecule has 0 bridgehead atoms. The fraction of sp³-hybridized carbons (Fsp3) is 0.304. The number of nitrogens with one attached hydrogen (secondary N) is 1. The lowest BCUT2D eigenvalue weighted by molar-refractivity contribution is 0.587. The summed E-state index contributed by atoms with van der Waals surface area (Å²) in [6, 6.07) is 16.7. The molecule has 0 amide bonds. The van der Waals surface area contributed by atoms with Gasteiger partial charge in [0.25, 0.3) is 10.0 Å². The topological polar surface area (TPSA) is 72.0 Å². The average molecular weight is 410 g/mol. The summed E-state index contributed by atoms with van der Waals surface area (Å²) in [7, 11) is -3.77. The minimum Gasteiger partial charge on any atom is -0.247 e. The molecule has 1 aromatic heterocycles. The molecule has 1 N–H and O–H groups in total. The third-order valence-electron chi connectivity index (χ3n) is 4.78. The van der Waals surface area contributed by atoms with Crippen molar-refractivity contribution in [2.45, 2.75) is 50.8 Å². The van der Waals surface area contributed by atoms with Gasteiger partial charge in [-0.15, -0.1) is 0 Å². The number of hydrogen-bond donors (Lipinski definition) is 1. The van der Waals surface area contributed by atoms with Crippen molar-refractivity contribution < 1.29 is 8.42 Å². The van der Waals surface area contributed by atoms with E-state index in [-0.39, 0.29) is 16.3 Å². The molecule has 0 saturated carbocycles. The molecule has 2 aromatic carbocycles. The summed E-state index contributed by atoms with van der Waals surface area (Å²) in [5.41, 5.74) is 3.84. The summed E-state index contributed by atoms with van der Waals surface area (Å²) >= 11 is 0. The Morgan fingerprint density at radius 2 is 1.52 bits per heavy atom. The molecule has 0 aliphatic rings. The standard InChI is InChI=1S/C23H27N3O2S/c1-16(2)17-6-8-18(9-7-17)21-14-15-24-22(25-21)26-29(27,28)20-12-10-19(11-13-20)23(3,4)5/h6-16H,1-5H3,(H,24,25,26). The van der Waals surface area contributed by atoms with E-state index in [4.69, 9.17) is 0 Å². The van der Waals surface area contributed by atoms with Crippen LogP contribution >= 0.6 is 0 Å². The molecule has 5 nitrogen and oxygen atoms in total. The quantitative estimate of drug-likeness (QED) is 0.615. The molecule has 3 rings (SSSR count). The molecule has 152 valence electrons. The molecular formula is C23H27N3O2S. The number of sulfonamides is 1. The maximum absolute atomic E-state index is 12.7. The molecule has 1 heterocycles. The van der Waals surface area contributed by atoms with E-state index in [0.29, 0.717) is 11.6 Å². The Bertz CT molecular complexity index is 1080. The monoisotopic (exact) mass is 409 g/mol. The van der Waals surface area contributed by atoms with Gasteiger partial charge in [-0.3, -0.25) is 0 Å². The van der Waals surface area contributed by atoms with Gasteiger partial charge in [0.15, 0.2) is 0 Å². The van der Waals surface area contributed by atoms with Gasteiger partial charge in [0, 0.05) is 11.8 Å². The maximum atomic E-state index is 12.7. The fourth-order valence-electron chi connectivity index (χ4n) is 2.92. The second-order valence-electron chi connectivity index (χ2n) is 8.42. The summed E-state index contributed by atoms with van der Waals surface area (Å²) < 4.78 is 28.0. The van der Waals surface area contributed by atoms with E-state index in [1.165, 1.54) is 5.56 Å². The first-order valence-corrected chi connectivity index (χ1v) is 11.1. The van der Waals surface area contributed by atoms with Crippen molar-refractivity contribution in [2.75, 3.05) is 4.72 Å². The number of nitrogens with zero attached hydrogens (tertiary/aromatic N) is 2. The van der Waals surface area contributed by atoms with Gasteiger partial charge in [-0.1, -0.05) is 71.0 Å². The Labute approximate surface area is 173 Å². The van der Waals surface area contributed by atoms with Gasteiger partial charge in [0.2, 0.25) is 5.95 Å². The molecule has 6 heteroatoms. The summed E-state index contributed by atoms with van der Waals surface area (Å²) in [5, 5.41) is 0. The highest BCUT2D eigenvalue weighted by Crippen LogP contribution is 2.25. The first-order chi connectivity index (χ1) is 13.6. The molecule has 0 aliphatic carbocycles. The molecule has 0 fully saturated rings. The molecule has 0 aliphatic heterocycles. The van der Waals surface area contributed by atoms with Gasteiger partial charge in [-0.2, -0.15) is 0 Å². The Morgan fingerprint density at radius 1 is 0.897 bits per heavy atom. The molecule has 0 radical (unpaired) electrons. The lowest BCUT2D eigenvalue weighted by Crippen LogP contribution is -2.16. The third-order valence-corrected chi connectivity index (χ3v) is 6.13. The van der Waals surface area contributed by atoms with Crippen LogP contribution in [0.3, 0.4) is 0 Å². The molecule has 3 aromatic rings. The van der Waals surface area contributed by atoms with Crippen molar-refractivity contribution in [3.8, 4) is 11.3 Å². The second kappa shape index (κ2) is 7.95. The van der Waals surface area contributed by atoms with E-state index in [0.717, 1.165) is 11.1 Å². The van der Waals surface area contributed by atoms with Crippen LogP contribution in [0.15, 0.2) is 65.7 Å². The highest BCUT2D eigenvalue weighted by molar-refractivity contribution is 7.92. The van der Waals surface area contributed by atoms with Crippen molar-refractivity contribution in [1.29, 1.82) is 0 Å². The predicted molar refractivity (Wildman–Crippen MR) is 118 cm³/mol. The number of rotatable bonds is 5. The number of anilines is 1. The van der Waals surface area contributed by atoms with Gasteiger partial charge in [0.05, 0.1) is 10.6 Å². The normalized spacial score (nSPS) is 12.2. The van der Waals surface area contributed by atoms with Crippen LogP contribution < -0.4 is 4.72 Å². The average Bonchev–Trinajstić information content (AvgIpc) is 2.67. The highest BCUT2D eigenvalue weighted by Gasteiger charge is 2.19. The summed E-state index contributed by atoms with van der Waals surface area (Å²) in [5.74, 6) is 0.497. The molecule has 0 spiro atoms. The molecule has 0 unspecified atom stereocenters. The van der Waals surface area contributed by atoms with E-state index in [9.17, 15) is 8.42 Å². The summed E-state index contributed by atoms with van der Waals surface area (Å²) in [4.78, 5) is 8.64. The van der Waals surface area contributed by atoms with Crippen molar-refractivity contribution in [1.82, 2.24) is 9.97 Å². The summed E-state index contributed by atoms with van der Waals surface area (Å²) in [6.45, 7) is 10.5. The molecule has 0 saturated heterocycles. The van der Waals surface area contributed by atoms with Crippen LogP contribution in [0.25, 0.3) is 11.3 Å². The second-order valence-corrected chi connectivity index (χ2v) is 10.1. The van der Waals surface area contributed by atoms with Crippen LogP contribution in [0.4, 0.5) is 5.95 Å². The van der Waals surface area contributed by atoms with E-state index in [2.05, 4.69) is 61.4 Å².